The average molecular weight is 208 g/mol. The molecule has 1 heterocycles. The van der Waals surface area contributed by atoms with Gasteiger partial charge in [-0.05, 0) is 24.8 Å². The highest BCUT2D eigenvalue weighted by molar-refractivity contribution is 7.98. The molecular formula is C11H14NOS+. The quantitative estimate of drug-likeness (QED) is 0.570. The Morgan fingerprint density at radius 1 is 1.29 bits per heavy atom. The number of nitrogens with zero attached hydrogens (tertiary/aromatic N) is 1. The molecule has 0 aliphatic carbocycles. The van der Waals surface area contributed by atoms with Crippen LogP contribution in [0.2, 0.25) is 0 Å². The standard InChI is InChI=1S/C11H14NOS/c1-3-12-9-7-5-6-8-10(9)13-11(12)14-4-2/h5-8H,3-4H2,1-2H3/q+1. The molecular weight excluding hydrogens is 194 g/mol. The molecule has 0 fully saturated rings. The van der Waals surface area contributed by atoms with Crippen molar-refractivity contribution in [3.8, 4) is 0 Å². The van der Waals surface area contributed by atoms with Gasteiger partial charge in [0.15, 0.2) is 6.54 Å². The molecule has 2 aromatic rings. The summed E-state index contributed by atoms with van der Waals surface area (Å²) in [5.74, 6) is 1.04. The van der Waals surface area contributed by atoms with Gasteiger partial charge in [0.1, 0.15) is 0 Å². The summed E-state index contributed by atoms with van der Waals surface area (Å²) in [6, 6.07) is 8.17. The van der Waals surface area contributed by atoms with E-state index in [1.54, 1.807) is 11.8 Å². The first-order valence-corrected chi connectivity index (χ1v) is 5.89. The molecule has 0 spiro atoms. The summed E-state index contributed by atoms with van der Waals surface area (Å²) in [5, 5.41) is 1.01. The van der Waals surface area contributed by atoms with Gasteiger partial charge in [-0.2, -0.15) is 4.57 Å². The number of oxazole rings is 1. The van der Waals surface area contributed by atoms with Gasteiger partial charge in [-0.1, -0.05) is 19.1 Å². The monoisotopic (exact) mass is 208 g/mol. The lowest BCUT2D eigenvalue weighted by Gasteiger charge is -1.89. The van der Waals surface area contributed by atoms with Gasteiger partial charge in [0.25, 0.3) is 5.52 Å². The summed E-state index contributed by atoms with van der Waals surface area (Å²) < 4.78 is 7.97. The van der Waals surface area contributed by atoms with Gasteiger partial charge in [0.05, 0.1) is 0 Å². The second kappa shape index (κ2) is 4.05. The van der Waals surface area contributed by atoms with Crippen molar-refractivity contribution in [2.75, 3.05) is 5.75 Å². The van der Waals surface area contributed by atoms with Gasteiger partial charge in [-0.15, -0.1) is 0 Å². The van der Waals surface area contributed by atoms with Gasteiger partial charge < -0.3 is 4.42 Å². The highest BCUT2D eigenvalue weighted by atomic mass is 32.2. The van der Waals surface area contributed by atoms with Gasteiger partial charge in [0.2, 0.25) is 5.58 Å². The van der Waals surface area contributed by atoms with Crippen molar-refractivity contribution in [2.45, 2.75) is 25.6 Å². The lowest BCUT2D eigenvalue weighted by molar-refractivity contribution is -0.713. The maximum absolute atomic E-state index is 5.76. The third-order valence-electron chi connectivity index (χ3n) is 2.16. The highest BCUT2D eigenvalue weighted by Crippen LogP contribution is 2.20. The van der Waals surface area contributed by atoms with Crippen LogP contribution in [0.5, 0.6) is 0 Å². The largest absolute Gasteiger partial charge is 0.412 e. The minimum absolute atomic E-state index is 0.958. The van der Waals surface area contributed by atoms with Gasteiger partial charge in [0, 0.05) is 11.8 Å². The summed E-state index contributed by atoms with van der Waals surface area (Å²) in [7, 11) is 0. The Hall–Kier alpha value is -0.960. The summed E-state index contributed by atoms with van der Waals surface area (Å²) in [5.41, 5.74) is 2.16. The van der Waals surface area contributed by atoms with Crippen LogP contribution in [0.1, 0.15) is 13.8 Å². The molecule has 0 radical (unpaired) electrons. The van der Waals surface area contributed by atoms with E-state index in [2.05, 4.69) is 24.5 Å². The minimum atomic E-state index is 0.958. The molecule has 14 heavy (non-hydrogen) atoms. The van der Waals surface area contributed by atoms with Crippen LogP contribution in [0.4, 0.5) is 0 Å². The van der Waals surface area contributed by atoms with E-state index in [-0.39, 0.29) is 0 Å². The van der Waals surface area contributed by atoms with Crippen LogP contribution in [0.3, 0.4) is 0 Å². The Labute approximate surface area is 87.9 Å². The predicted octanol–water partition coefficient (Wildman–Crippen LogP) is 2.85. The molecule has 3 heteroatoms. The predicted molar refractivity (Wildman–Crippen MR) is 58.5 cm³/mol. The second-order valence-corrected chi connectivity index (χ2v) is 4.23. The lowest BCUT2D eigenvalue weighted by Crippen LogP contribution is -2.32. The molecule has 0 aliphatic heterocycles. The highest BCUT2D eigenvalue weighted by Gasteiger charge is 2.19. The number of aryl methyl sites for hydroxylation is 1. The van der Waals surface area contributed by atoms with E-state index < -0.39 is 0 Å². The Morgan fingerprint density at radius 2 is 2.07 bits per heavy atom. The van der Waals surface area contributed by atoms with Crippen molar-refractivity contribution in [3.05, 3.63) is 24.3 Å². The van der Waals surface area contributed by atoms with E-state index in [0.29, 0.717) is 0 Å². The third kappa shape index (κ3) is 1.52. The second-order valence-electron chi connectivity index (χ2n) is 3.01. The van der Waals surface area contributed by atoms with E-state index >= 15 is 0 Å². The lowest BCUT2D eigenvalue weighted by atomic mass is 10.3. The zero-order chi connectivity index (χ0) is 9.97. The summed E-state index contributed by atoms with van der Waals surface area (Å²) in [6.45, 7) is 5.24. The van der Waals surface area contributed by atoms with Crippen LogP contribution < -0.4 is 4.57 Å². The molecule has 0 bridgehead atoms. The Kier molecular flexibility index (Phi) is 2.77. The van der Waals surface area contributed by atoms with Crippen molar-refractivity contribution in [3.63, 3.8) is 0 Å². The van der Waals surface area contributed by atoms with Crippen molar-refractivity contribution in [1.82, 2.24) is 0 Å². The number of rotatable bonds is 3. The van der Waals surface area contributed by atoms with E-state index in [1.165, 1.54) is 5.52 Å². The van der Waals surface area contributed by atoms with Crippen LogP contribution in [0.15, 0.2) is 33.9 Å². The van der Waals surface area contributed by atoms with Crippen LogP contribution in [0, 0.1) is 0 Å². The number of thioether (sulfide) groups is 1. The number of hydrogen-bond acceptors (Lipinski definition) is 2. The van der Waals surface area contributed by atoms with E-state index in [9.17, 15) is 0 Å². The fourth-order valence-corrected chi connectivity index (χ4v) is 2.32. The molecule has 0 unspecified atom stereocenters. The van der Waals surface area contributed by atoms with Crippen LogP contribution in [-0.2, 0) is 6.54 Å². The van der Waals surface area contributed by atoms with Crippen LogP contribution in [0.25, 0.3) is 11.1 Å². The first kappa shape index (κ1) is 9.59. The van der Waals surface area contributed by atoms with Crippen LogP contribution >= 0.6 is 11.8 Å². The topological polar surface area (TPSA) is 17.0 Å². The normalized spacial score (nSPS) is 11.0. The molecule has 74 valence electrons. The number of para-hydroxylation sites is 2. The summed E-state index contributed by atoms with van der Waals surface area (Å²) in [6.07, 6.45) is 0. The molecule has 1 aromatic heterocycles. The van der Waals surface area contributed by atoms with Crippen molar-refractivity contribution in [1.29, 1.82) is 0 Å². The smallest absolute Gasteiger partial charge is 0.393 e. The first-order chi connectivity index (χ1) is 6.86. The Balaban J connectivity index is 2.60. The van der Waals surface area contributed by atoms with Crippen molar-refractivity contribution >= 4 is 22.9 Å². The molecule has 0 N–H and O–H groups in total. The number of hydrogen-bond donors (Lipinski definition) is 0. The molecule has 0 atom stereocenters. The molecule has 0 amide bonds. The summed E-state index contributed by atoms with van der Waals surface area (Å²) >= 11 is 1.75. The molecule has 2 rings (SSSR count). The minimum Gasteiger partial charge on any atom is -0.393 e. The Morgan fingerprint density at radius 3 is 2.79 bits per heavy atom. The fourth-order valence-electron chi connectivity index (χ4n) is 1.54. The van der Waals surface area contributed by atoms with E-state index in [0.717, 1.165) is 23.1 Å². The molecule has 2 nitrogen and oxygen atoms in total. The fraction of sp³-hybridized carbons (Fsp3) is 0.364. The maximum Gasteiger partial charge on any atom is 0.412 e. The number of fused-ring (bicyclic) bond motifs is 1. The molecule has 0 aliphatic rings. The van der Waals surface area contributed by atoms with Gasteiger partial charge in [-0.3, -0.25) is 0 Å². The zero-order valence-electron chi connectivity index (χ0n) is 8.49. The molecule has 0 saturated carbocycles. The summed E-state index contributed by atoms with van der Waals surface area (Å²) in [4.78, 5) is 0. The van der Waals surface area contributed by atoms with E-state index in [4.69, 9.17) is 4.42 Å². The first-order valence-electron chi connectivity index (χ1n) is 4.91. The maximum atomic E-state index is 5.76. The van der Waals surface area contributed by atoms with Gasteiger partial charge >= 0.3 is 5.22 Å². The van der Waals surface area contributed by atoms with Crippen molar-refractivity contribution in [2.24, 2.45) is 0 Å². The number of aromatic nitrogens is 1. The average Bonchev–Trinajstić information content (AvgIpc) is 2.55. The van der Waals surface area contributed by atoms with Crippen LogP contribution in [-0.4, -0.2) is 5.75 Å². The SMILES string of the molecule is CCSc1oc2ccccc2[n+]1CC. The number of benzene rings is 1. The third-order valence-corrected chi connectivity index (χ3v) is 3.00. The van der Waals surface area contributed by atoms with Gasteiger partial charge in [-0.25, -0.2) is 0 Å². The zero-order valence-corrected chi connectivity index (χ0v) is 9.30. The van der Waals surface area contributed by atoms with Crippen molar-refractivity contribution < 1.29 is 8.98 Å². The Bertz CT molecular complexity index is 436. The molecule has 0 saturated heterocycles. The molecule has 1 aromatic carbocycles. The van der Waals surface area contributed by atoms with E-state index in [1.807, 2.05) is 18.2 Å².